The molecule has 0 spiro atoms. The molecule has 2 atom stereocenters. The molecule has 1 heterocycles. The number of rotatable bonds is 2. The number of hydrogen-bond donors (Lipinski definition) is 1. The third kappa shape index (κ3) is 1.84. The van der Waals surface area contributed by atoms with E-state index in [-0.39, 0.29) is 0 Å². The van der Waals surface area contributed by atoms with E-state index >= 15 is 0 Å². The molecule has 2 unspecified atom stereocenters. The summed E-state index contributed by atoms with van der Waals surface area (Å²) in [6, 6.07) is 1.81. The summed E-state index contributed by atoms with van der Waals surface area (Å²) in [6.45, 7) is 0. The molecule has 1 saturated carbocycles. The minimum Gasteiger partial charge on any atom is -0.384 e. The molecule has 0 bridgehead atoms. The van der Waals surface area contributed by atoms with Gasteiger partial charge in [-0.25, -0.2) is 8.42 Å². The molecule has 1 aromatic heterocycles. The normalized spacial score (nSPS) is 32.0. The highest BCUT2D eigenvalue weighted by molar-refractivity contribution is 7.91. The van der Waals surface area contributed by atoms with Crippen molar-refractivity contribution in [2.75, 3.05) is 6.26 Å². The van der Waals surface area contributed by atoms with Crippen LogP contribution in [0.3, 0.4) is 0 Å². The van der Waals surface area contributed by atoms with E-state index in [2.05, 4.69) is 0 Å². The van der Waals surface area contributed by atoms with Crippen LogP contribution >= 0.6 is 11.3 Å². The summed E-state index contributed by atoms with van der Waals surface area (Å²) >= 11 is 1.48. The zero-order valence-corrected chi connectivity index (χ0v) is 10.1. The molecule has 15 heavy (non-hydrogen) atoms. The molecule has 0 radical (unpaired) electrons. The topological polar surface area (TPSA) is 54.4 Å². The average molecular weight is 246 g/mol. The molecule has 1 N–H and O–H groups in total. The predicted octanol–water partition coefficient (Wildman–Crippen LogP) is 1.53. The zero-order valence-electron chi connectivity index (χ0n) is 8.51. The van der Waals surface area contributed by atoms with Crippen LogP contribution in [-0.2, 0) is 15.4 Å². The van der Waals surface area contributed by atoms with Gasteiger partial charge < -0.3 is 5.11 Å². The zero-order chi connectivity index (χ0) is 11.1. The summed E-state index contributed by atoms with van der Waals surface area (Å²) in [7, 11) is -3.18. The van der Waals surface area contributed by atoms with Crippen molar-refractivity contribution in [1.82, 2.24) is 0 Å². The van der Waals surface area contributed by atoms with E-state index in [1.165, 1.54) is 17.6 Å². The number of aliphatic hydroxyl groups is 1. The highest BCUT2D eigenvalue weighted by Gasteiger charge is 2.48. The van der Waals surface area contributed by atoms with Crippen LogP contribution < -0.4 is 0 Å². The molecule has 5 heteroatoms. The van der Waals surface area contributed by atoms with Gasteiger partial charge in [0.2, 0.25) is 0 Å². The van der Waals surface area contributed by atoms with Gasteiger partial charge in [-0.2, -0.15) is 11.3 Å². The Morgan fingerprint density at radius 1 is 1.60 bits per heavy atom. The Morgan fingerprint density at radius 3 is 2.87 bits per heavy atom. The maximum absolute atomic E-state index is 11.6. The SMILES string of the molecule is CS(=O)(=O)C1CCCC1(O)c1ccsc1. The van der Waals surface area contributed by atoms with Crippen molar-refractivity contribution in [1.29, 1.82) is 0 Å². The van der Waals surface area contributed by atoms with Crippen molar-refractivity contribution in [2.45, 2.75) is 30.1 Å². The predicted molar refractivity (Wildman–Crippen MR) is 60.7 cm³/mol. The van der Waals surface area contributed by atoms with Gasteiger partial charge in [-0.15, -0.1) is 0 Å². The number of sulfone groups is 1. The molecule has 0 amide bonds. The average Bonchev–Trinajstić information content (AvgIpc) is 2.69. The molecular weight excluding hydrogens is 232 g/mol. The van der Waals surface area contributed by atoms with Crippen LogP contribution in [0.4, 0.5) is 0 Å². The van der Waals surface area contributed by atoms with Gasteiger partial charge in [0.25, 0.3) is 0 Å². The molecule has 2 rings (SSSR count). The van der Waals surface area contributed by atoms with Gasteiger partial charge in [0.1, 0.15) is 5.60 Å². The van der Waals surface area contributed by atoms with Crippen LogP contribution in [0.15, 0.2) is 16.8 Å². The molecular formula is C10H14O3S2. The third-order valence-corrected chi connectivity index (χ3v) is 5.44. The highest BCUT2D eigenvalue weighted by Crippen LogP contribution is 2.42. The molecule has 0 aliphatic heterocycles. The van der Waals surface area contributed by atoms with Crippen molar-refractivity contribution in [3.63, 3.8) is 0 Å². The van der Waals surface area contributed by atoms with E-state index in [4.69, 9.17) is 0 Å². The van der Waals surface area contributed by atoms with Gasteiger partial charge in [-0.1, -0.05) is 0 Å². The lowest BCUT2D eigenvalue weighted by molar-refractivity contribution is 0.0481. The number of hydrogen-bond acceptors (Lipinski definition) is 4. The Hall–Kier alpha value is -0.390. The summed E-state index contributed by atoms with van der Waals surface area (Å²) in [5, 5.41) is 13.5. The lowest BCUT2D eigenvalue weighted by Gasteiger charge is -2.28. The van der Waals surface area contributed by atoms with Crippen LogP contribution in [0, 0.1) is 0 Å². The van der Waals surface area contributed by atoms with Crippen molar-refractivity contribution >= 4 is 21.2 Å². The summed E-state index contributed by atoms with van der Waals surface area (Å²) in [5.74, 6) is 0. The Balaban J connectivity index is 2.44. The minimum absolute atomic E-state index is 0.543. The van der Waals surface area contributed by atoms with E-state index in [1.54, 1.807) is 0 Å². The summed E-state index contributed by atoms with van der Waals surface area (Å²) < 4.78 is 23.2. The van der Waals surface area contributed by atoms with E-state index in [0.29, 0.717) is 12.8 Å². The first-order chi connectivity index (χ1) is 6.94. The molecule has 84 valence electrons. The van der Waals surface area contributed by atoms with Crippen molar-refractivity contribution in [3.05, 3.63) is 22.4 Å². The first-order valence-electron chi connectivity index (χ1n) is 4.88. The van der Waals surface area contributed by atoms with Gasteiger partial charge in [-0.3, -0.25) is 0 Å². The van der Waals surface area contributed by atoms with E-state index in [9.17, 15) is 13.5 Å². The van der Waals surface area contributed by atoms with Gasteiger partial charge in [-0.05, 0) is 41.7 Å². The van der Waals surface area contributed by atoms with Crippen LogP contribution in [0.25, 0.3) is 0 Å². The summed E-state index contributed by atoms with van der Waals surface area (Å²) in [5.41, 5.74) is -0.409. The standard InChI is InChI=1S/C10H14O3S2/c1-15(12,13)9-3-2-5-10(9,11)8-4-6-14-7-8/h4,6-7,9,11H,2-3,5H2,1H3. The quantitative estimate of drug-likeness (QED) is 0.861. The van der Waals surface area contributed by atoms with Crippen LogP contribution in [-0.4, -0.2) is 25.0 Å². The Morgan fingerprint density at radius 2 is 2.33 bits per heavy atom. The number of thiophene rings is 1. The van der Waals surface area contributed by atoms with Crippen LogP contribution in [0.1, 0.15) is 24.8 Å². The fourth-order valence-corrected chi connectivity index (χ4v) is 4.66. The molecule has 1 aliphatic rings. The second kappa shape index (κ2) is 3.57. The van der Waals surface area contributed by atoms with E-state index in [1.807, 2.05) is 16.8 Å². The fourth-order valence-electron chi connectivity index (χ4n) is 2.37. The first kappa shape index (κ1) is 11.1. The second-order valence-corrected chi connectivity index (χ2v) is 7.15. The summed E-state index contributed by atoms with van der Waals surface area (Å²) in [4.78, 5) is 0. The monoisotopic (exact) mass is 246 g/mol. The fraction of sp³-hybridized carbons (Fsp3) is 0.600. The van der Waals surface area contributed by atoms with Gasteiger partial charge >= 0.3 is 0 Å². The maximum Gasteiger partial charge on any atom is 0.153 e. The Bertz CT molecular complexity index is 435. The van der Waals surface area contributed by atoms with Crippen LogP contribution in [0.5, 0.6) is 0 Å². The Labute approximate surface area is 93.7 Å². The molecule has 1 fully saturated rings. The van der Waals surface area contributed by atoms with E-state index in [0.717, 1.165) is 12.0 Å². The van der Waals surface area contributed by atoms with Gasteiger partial charge in [0.05, 0.1) is 5.25 Å². The van der Waals surface area contributed by atoms with Crippen molar-refractivity contribution in [3.8, 4) is 0 Å². The first-order valence-corrected chi connectivity index (χ1v) is 7.78. The van der Waals surface area contributed by atoms with Gasteiger partial charge in [0.15, 0.2) is 9.84 Å². The third-order valence-electron chi connectivity index (χ3n) is 3.09. The molecule has 0 saturated heterocycles. The Kier molecular flexibility index (Phi) is 2.65. The summed E-state index contributed by atoms with van der Waals surface area (Å²) in [6.07, 6.45) is 3.08. The molecule has 1 aromatic rings. The van der Waals surface area contributed by atoms with Crippen molar-refractivity contribution in [2.24, 2.45) is 0 Å². The van der Waals surface area contributed by atoms with Crippen LogP contribution in [0.2, 0.25) is 0 Å². The van der Waals surface area contributed by atoms with Crippen molar-refractivity contribution < 1.29 is 13.5 Å². The molecule has 1 aliphatic carbocycles. The minimum atomic E-state index is -3.18. The molecule has 0 aromatic carbocycles. The van der Waals surface area contributed by atoms with Gasteiger partial charge in [0, 0.05) is 6.26 Å². The second-order valence-electron chi connectivity index (χ2n) is 4.15. The smallest absolute Gasteiger partial charge is 0.153 e. The maximum atomic E-state index is 11.6. The highest BCUT2D eigenvalue weighted by atomic mass is 32.2. The largest absolute Gasteiger partial charge is 0.384 e. The van der Waals surface area contributed by atoms with E-state index < -0.39 is 20.7 Å². The lowest BCUT2D eigenvalue weighted by Crippen LogP contribution is -2.39. The molecule has 3 nitrogen and oxygen atoms in total. The lowest BCUT2D eigenvalue weighted by atomic mass is 9.95.